The molecule has 0 aliphatic carbocycles. The first kappa shape index (κ1) is 20.1. The summed E-state index contributed by atoms with van der Waals surface area (Å²) in [5, 5.41) is 2.98. The van der Waals surface area contributed by atoms with Crippen LogP contribution in [0.15, 0.2) is 18.2 Å². The van der Waals surface area contributed by atoms with Crippen molar-refractivity contribution in [3.8, 4) is 0 Å². The molecule has 1 aliphatic heterocycles. The second-order valence-corrected chi connectivity index (χ2v) is 7.39. The van der Waals surface area contributed by atoms with E-state index in [0.29, 0.717) is 24.6 Å². The molecule has 3 amide bonds. The highest BCUT2D eigenvalue weighted by molar-refractivity contribution is 5.77. The summed E-state index contributed by atoms with van der Waals surface area (Å²) in [6.45, 7) is 5.16. The molecule has 1 saturated heterocycles. The van der Waals surface area contributed by atoms with E-state index in [4.69, 9.17) is 0 Å². The van der Waals surface area contributed by atoms with E-state index in [0.717, 1.165) is 6.07 Å². The van der Waals surface area contributed by atoms with Crippen molar-refractivity contribution in [2.45, 2.75) is 32.7 Å². The van der Waals surface area contributed by atoms with Gasteiger partial charge in [0.1, 0.15) is 11.6 Å². The molecular formula is C19H27F2N3O2. The Hall–Kier alpha value is -2.18. The van der Waals surface area contributed by atoms with E-state index in [1.165, 1.54) is 17.0 Å². The number of benzene rings is 1. The Morgan fingerprint density at radius 3 is 2.54 bits per heavy atom. The van der Waals surface area contributed by atoms with E-state index in [1.54, 1.807) is 19.0 Å². The molecule has 2 rings (SSSR count). The lowest BCUT2D eigenvalue weighted by Crippen LogP contribution is -2.46. The van der Waals surface area contributed by atoms with E-state index >= 15 is 0 Å². The Kier molecular flexibility index (Phi) is 6.56. The summed E-state index contributed by atoms with van der Waals surface area (Å²) >= 11 is 0. The van der Waals surface area contributed by atoms with Crippen LogP contribution in [0.4, 0.5) is 13.6 Å². The van der Waals surface area contributed by atoms with E-state index in [-0.39, 0.29) is 36.7 Å². The standard InChI is InChI=1S/C19H27F2N3O2/c1-12(2)15-10-24(11-17(15)22-19(26)23(3)4)18(25)8-6-13-5-7-14(20)9-16(13)21/h5,7,9,12,15,17H,6,8,10-11H2,1-4H3,(H,22,26). The zero-order chi connectivity index (χ0) is 19.4. The summed E-state index contributed by atoms with van der Waals surface area (Å²) in [7, 11) is 3.35. The van der Waals surface area contributed by atoms with Crippen molar-refractivity contribution in [2.75, 3.05) is 27.2 Å². The predicted molar refractivity (Wildman–Crippen MR) is 95.6 cm³/mol. The zero-order valence-corrected chi connectivity index (χ0v) is 15.8. The normalized spacial score (nSPS) is 19.7. The molecule has 0 aromatic heterocycles. The van der Waals surface area contributed by atoms with E-state index in [1.807, 2.05) is 0 Å². The van der Waals surface area contributed by atoms with Crippen molar-refractivity contribution < 1.29 is 18.4 Å². The molecule has 0 bridgehead atoms. The van der Waals surface area contributed by atoms with Crippen LogP contribution in [0, 0.1) is 23.5 Å². The average Bonchev–Trinajstić information content (AvgIpc) is 2.97. The minimum absolute atomic E-state index is 0.0824. The summed E-state index contributed by atoms with van der Waals surface area (Å²) in [5.41, 5.74) is 0.330. The lowest BCUT2D eigenvalue weighted by molar-refractivity contribution is -0.130. The summed E-state index contributed by atoms with van der Waals surface area (Å²) in [6.07, 6.45) is 0.379. The number of amides is 3. The Morgan fingerprint density at radius 1 is 1.27 bits per heavy atom. The molecule has 1 aromatic carbocycles. The van der Waals surface area contributed by atoms with Crippen molar-refractivity contribution in [1.29, 1.82) is 0 Å². The quantitative estimate of drug-likeness (QED) is 0.870. The number of halogens is 2. The highest BCUT2D eigenvalue weighted by Gasteiger charge is 2.37. The Balaban J connectivity index is 1.97. The maximum Gasteiger partial charge on any atom is 0.317 e. The van der Waals surface area contributed by atoms with Gasteiger partial charge in [-0.05, 0) is 24.0 Å². The molecule has 7 heteroatoms. The first-order chi connectivity index (χ1) is 12.2. The molecule has 1 heterocycles. The number of rotatable bonds is 5. The Morgan fingerprint density at radius 2 is 1.96 bits per heavy atom. The number of nitrogens with one attached hydrogen (secondary N) is 1. The highest BCUT2D eigenvalue weighted by atomic mass is 19.1. The molecule has 2 atom stereocenters. The predicted octanol–water partition coefficient (Wildman–Crippen LogP) is 2.65. The lowest BCUT2D eigenvalue weighted by atomic mass is 9.91. The summed E-state index contributed by atoms with van der Waals surface area (Å²) in [6, 6.07) is 3.12. The lowest BCUT2D eigenvalue weighted by Gasteiger charge is -2.24. The number of urea groups is 1. The smallest absolute Gasteiger partial charge is 0.317 e. The van der Waals surface area contributed by atoms with Crippen molar-refractivity contribution in [1.82, 2.24) is 15.1 Å². The van der Waals surface area contributed by atoms with Crippen LogP contribution in [-0.2, 0) is 11.2 Å². The van der Waals surface area contributed by atoms with Gasteiger partial charge in [-0.2, -0.15) is 0 Å². The first-order valence-electron chi connectivity index (χ1n) is 8.88. The highest BCUT2D eigenvalue weighted by Crippen LogP contribution is 2.25. The fraction of sp³-hybridized carbons (Fsp3) is 0.579. The molecule has 144 valence electrons. The van der Waals surface area contributed by atoms with Crippen LogP contribution in [-0.4, -0.2) is 55.0 Å². The van der Waals surface area contributed by atoms with Crippen LogP contribution in [0.5, 0.6) is 0 Å². The second-order valence-electron chi connectivity index (χ2n) is 7.39. The third-order valence-electron chi connectivity index (χ3n) is 4.91. The van der Waals surface area contributed by atoms with Gasteiger partial charge in [0.05, 0.1) is 6.04 Å². The van der Waals surface area contributed by atoms with Crippen LogP contribution >= 0.6 is 0 Å². The van der Waals surface area contributed by atoms with Gasteiger partial charge < -0.3 is 15.1 Å². The maximum atomic E-state index is 13.7. The van der Waals surface area contributed by atoms with Gasteiger partial charge in [-0.15, -0.1) is 0 Å². The van der Waals surface area contributed by atoms with E-state index in [2.05, 4.69) is 19.2 Å². The van der Waals surface area contributed by atoms with Crippen molar-refractivity contribution in [3.05, 3.63) is 35.4 Å². The van der Waals surface area contributed by atoms with Crippen LogP contribution < -0.4 is 5.32 Å². The van der Waals surface area contributed by atoms with Gasteiger partial charge in [-0.1, -0.05) is 19.9 Å². The van der Waals surface area contributed by atoms with Crippen LogP contribution in [0.2, 0.25) is 0 Å². The zero-order valence-electron chi connectivity index (χ0n) is 15.8. The molecular weight excluding hydrogens is 340 g/mol. The molecule has 1 N–H and O–H groups in total. The summed E-state index contributed by atoms with van der Waals surface area (Å²) in [5.74, 6) is -0.854. The molecule has 0 saturated carbocycles. The molecule has 1 aliphatic rings. The third kappa shape index (κ3) is 4.93. The summed E-state index contributed by atoms with van der Waals surface area (Å²) < 4.78 is 26.7. The molecule has 1 fully saturated rings. The second kappa shape index (κ2) is 8.47. The van der Waals surface area contributed by atoms with Gasteiger partial charge in [0.15, 0.2) is 0 Å². The molecule has 2 unspecified atom stereocenters. The number of carbonyl (C=O) groups excluding carboxylic acids is 2. The van der Waals surface area contributed by atoms with Crippen LogP contribution in [0.1, 0.15) is 25.8 Å². The van der Waals surface area contributed by atoms with Gasteiger partial charge in [0, 0.05) is 45.6 Å². The monoisotopic (exact) mass is 367 g/mol. The Labute approximate surface area is 153 Å². The molecule has 0 radical (unpaired) electrons. The van der Waals surface area contributed by atoms with Gasteiger partial charge >= 0.3 is 6.03 Å². The molecule has 26 heavy (non-hydrogen) atoms. The van der Waals surface area contributed by atoms with E-state index in [9.17, 15) is 18.4 Å². The largest absolute Gasteiger partial charge is 0.340 e. The first-order valence-corrected chi connectivity index (χ1v) is 8.88. The number of hydrogen-bond acceptors (Lipinski definition) is 2. The number of likely N-dealkylation sites (tertiary alicyclic amines) is 1. The average molecular weight is 367 g/mol. The topological polar surface area (TPSA) is 52.7 Å². The maximum absolute atomic E-state index is 13.7. The van der Waals surface area contributed by atoms with E-state index < -0.39 is 11.6 Å². The SMILES string of the molecule is CC(C)C1CN(C(=O)CCc2ccc(F)cc2F)CC1NC(=O)N(C)C. The van der Waals surface area contributed by atoms with Crippen molar-refractivity contribution in [2.24, 2.45) is 11.8 Å². The minimum Gasteiger partial charge on any atom is -0.340 e. The third-order valence-corrected chi connectivity index (χ3v) is 4.91. The van der Waals surface area contributed by atoms with Crippen LogP contribution in [0.25, 0.3) is 0 Å². The van der Waals surface area contributed by atoms with Gasteiger partial charge in [0.25, 0.3) is 0 Å². The number of hydrogen-bond donors (Lipinski definition) is 1. The van der Waals surface area contributed by atoms with Gasteiger partial charge in [0.2, 0.25) is 5.91 Å². The van der Waals surface area contributed by atoms with Crippen molar-refractivity contribution >= 4 is 11.9 Å². The number of nitrogens with zero attached hydrogens (tertiary/aromatic N) is 2. The van der Waals surface area contributed by atoms with Crippen molar-refractivity contribution in [3.63, 3.8) is 0 Å². The minimum atomic E-state index is -0.629. The number of aryl methyl sites for hydroxylation is 1. The van der Waals surface area contributed by atoms with Crippen LogP contribution in [0.3, 0.4) is 0 Å². The van der Waals surface area contributed by atoms with Gasteiger partial charge in [-0.3, -0.25) is 4.79 Å². The Bertz CT molecular complexity index is 664. The molecule has 5 nitrogen and oxygen atoms in total. The molecule has 1 aromatic rings. The fourth-order valence-corrected chi connectivity index (χ4v) is 3.27. The number of carbonyl (C=O) groups is 2. The van der Waals surface area contributed by atoms with Gasteiger partial charge in [-0.25, -0.2) is 13.6 Å². The molecule has 0 spiro atoms. The fourth-order valence-electron chi connectivity index (χ4n) is 3.27. The summed E-state index contributed by atoms with van der Waals surface area (Å²) in [4.78, 5) is 27.7.